The molecule has 0 spiro atoms. The maximum atomic E-state index is 12.3. The van der Waals surface area contributed by atoms with E-state index in [9.17, 15) is 4.79 Å². The van der Waals surface area contributed by atoms with Crippen LogP contribution in [-0.2, 0) is 4.79 Å². The average molecular weight is 350 g/mol. The first-order valence-corrected chi connectivity index (χ1v) is 8.46. The van der Waals surface area contributed by atoms with E-state index >= 15 is 0 Å². The third-order valence-electron chi connectivity index (χ3n) is 4.26. The van der Waals surface area contributed by atoms with Crippen molar-refractivity contribution >= 4 is 17.8 Å². The predicted molar refractivity (Wildman–Crippen MR) is 103 cm³/mol. The molecule has 0 fully saturated rings. The Hall–Kier alpha value is -3.08. The zero-order valence-electron chi connectivity index (χ0n) is 15.4. The molecule has 0 aliphatic carbocycles. The van der Waals surface area contributed by atoms with Crippen molar-refractivity contribution in [1.82, 2.24) is 5.32 Å². The molecule has 5 nitrogen and oxygen atoms in total. The number of nitrogens with one attached hydrogen (secondary N) is 1. The van der Waals surface area contributed by atoms with E-state index < -0.39 is 0 Å². The number of rotatable bonds is 5. The first kappa shape index (κ1) is 17.7. The van der Waals surface area contributed by atoms with Crippen LogP contribution in [0.5, 0.6) is 11.5 Å². The molecule has 1 aliphatic rings. The maximum Gasteiger partial charge on any atom is 0.275 e. The van der Waals surface area contributed by atoms with Gasteiger partial charge in [-0.2, -0.15) is 0 Å². The van der Waals surface area contributed by atoms with E-state index in [1.165, 1.54) is 5.56 Å². The topological polar surface area (TPSA) is 59.9 Å². The molecule has 1 aliphatic heterocycles. The minimum absolute atomic E-state index is 0.220. The molecule has 1 amide bonds. The van der Waals surface area contributed by atoms with Gasteiger partial charge >= 0.3 is 0 Å². The fraction of sp³-hybridized carbons (Fsp3) is 0.238. The number of ether oxygens (including phenoxy) is 2. The van der Waals surface area contributed by atoms with Gasteiger partial charge in [-0.3, -0.25) is 4.79 Å². The van der Waals surface area contributed by atoms with Gasteiger partial charge in [0.2, 0.25) is 0 Å². The lowest BCUT2D eigenvalue weighted by Gasteiger charge is -2.09. The molecule has 5 heteroatoms. The summed E-state index contributed by atoms with van der Waals surface area (Å²) in [5.74, 6) is 1.97. The minimum atomic E-state index is -0.220. The Morgan fingerprint density at radius 2 is 1.69 bits per heavy atom. The molecule has 134 valence electrons. The molecule has 0 radical (unpaired) electrons. The SMILES string of the molecule is COc1ccc(C2=N/C(=C/c3ccc(C(C)C)cc3)C(=O)N2)cc1OC. The molecule has 0 saturated heterocycles. The summed E-state index contributed by atoms with van der Waals surface area (Å²) in [6.07, 6.45) is 1.78. The molecule has 0 aromatic heterocycles. The fourth-order valence-electron chi connectivity index (χ4n) is 2.72. The Kier molecular flexibility index (Phi) is 5.07. The number of hydrogen-bond acceptors (Lipinski definition) is 4. The molecular weight excluding hydrogens is 328 g/mol. The van der Waals surface area contributed by atoms with Gasteiger partial charge in [-0.05, 0) is 41.3 Å². The van der Waals surface area contributed by atoms with Gasteiger partial charge in [0.15, 0.2) is 11.5 Å². The van der Waals surface area contributed by atoms with E-state index in [0.717, 1.165) is 11.1 Å². The summed E-state index contributed by atoms with van der Waals surface area (Å²) in [4.78, 5) is 16.7. The number of nitrogens with zero attached hydrogens (tertiary/aromatic N) is 1. The highest BCUT2D eigenvalue weighted by molar-refractivity contribution is 6.19. The van der Waals surface area contributed by atoms with Crippen LogP contribution in [0.4, 0.5) is 0 Å². The van der Waals surface area contributed by atoms with Crippen molar-refractivity contribution in [1.29, 1.82) is 0 Å². The summed E-state index contributed by atoms with van der Waals surface area (Å²) in [6, 6.07) is 13.6. The van der Waals surface area contributed by atoms with Crippen molar-refractivity contribution in [3.8, 4) is 11.5 Å². The van der Waals surface area contributed by atoms with Crippen LogP contribution in [-0.4, -0.2) is 26.0 Å². The summed E-state index contributed by atoms with van der Waals surface area (Å²) < 4.78 is 10.5. The van der Waals surface area contributed by atoms with Gasteiger partial charge in [-0.1, -0.05) is 38.1 Å². The first-order chi connectivity index (χ1) is 12.5. The Labute approximate surface area is 153 Å². The quantitative estimate of drug-likeness (QED) is 0.836. The molecule has 1 N–H and O–H groups in total. The van der Waals surface area contributed by atoms with Gasteiger partial charge in [0.05, 0.1) is 14.2 Å². The van der Waals surface area contributed by atoms with E-state index in [1.54, 1.807) is 32.4 Å². The number of benzene rings is 2. The Bertz CT molecular complexity index is 881. The highest BCUT2D eigenvalue weighted by Gasteiger charge is 2.22. The van der Waals surface area contributed by atoms with E-state index in [-0.39, 0.29) is 5.91 Å². The lowest BCUT2D eigenvalue weighted by atomic mass is 10.0. The number of amidine groups is 1. The zero-order valence-corrected chi connectivity index (χ0v) is 15.4. The number of amides is 1. The van der Waals surface area contributed by atoms with E-state index in [0.29, 0.717) is 28.9 Å². The van der Waals surface area contributed by atoms with Crippen LogP contribution in [0, 0.1) is 0 Å². The second-order valence-electron chi connectivity index (χ2n) is 6.34. The highest BCUT2D eigenvalue weighted by Crippen LogP contribution is 2.28. The van der Waals surface area contributed by atoms with E-state index in [1.807, 2.05) is 18.2 Å². The van der Waals surface area contributed by atoms with Gasteiger partial charge in [0.25, 0.3) is 5.91 Å². The Balaban J connectivity index is 1.89. The van der Waals surface area contributed by atoms with Crippen molar-refractivity contribution in [2.24, 2.45) is 4.99 Å². The predicted octanol–water partition coefficient (Wildman–Crippen LogP) is 3.74. The van der Waals surface area contributed by atoms with Crippen molar-refractivity contribution in [3.63, 3.8) is 0 Å². The lowest BCUT2D eigenvalue weighted by Crippen LogP contribution is -2.24. The van der Waals surface area contributed by atoms with Crippen LogP contribution in [0.25, 0.3) is 6.08 Å². The van der Waals surface area contributed by atoms with Gasteiger partial charge in [0.1, 0.15) is 11.5 Å². The van der Waals surface area contributed by atoms with E-state index in [2.05, 4.69) is 36.3 Å². The molecular formula is C21H22N2O3. The summed E-state index contributed by atoms with van der Waals surface area (Å²) >= 11 is 0. The maximum absolute atomic E-state index is 12.3. The minimum Gasteiger partial charge on any atom is -0.493 e. The summed E-state index contributed by atoms with van der Waals surface area (Å²) in [5, 5.41) is 2.81. The van der Waals surface area contributed by atoms with Gasteiger partial charge < -0.3 is 14.8 Å². The van der Waals surface area contributed by atoms with Crippen LogP contribution >= 0.6 is 0 Å². The molecule has 3 rings (SSSR count). The second-order valence-corrected chi connectivity index (χ2v) is 6.34. The standard InChI is InChI=1S/C21H22N2O3/c1-13(2)15-7-5-14(6-8-15)11-17-21(24)23-20(22-17)16-9-10-18(25-3)19(12-16)26-4/h5-13H,1-4H3,(H,22,23,24)/b17-11+. The van der Waals surface area contributed by atoms with Crippen molar-refractivity contribution in [2.45, 2.75) is 19.8 Å². The Morgan fingerprint density at radius 1 is 1.00 bits per heavy atom. The number of carbonyl (C=O) groups is 1. The van der Waals surface area contributed by atoms with Gasteiger partial charge in [-0.15, -0.1) is 0 Å². The monoisotopic (exact) mass is 350 g/mol. The number of methoxy groups -OCH3 is 2. The normalized spacial score (nSPS) is 15.2. The van der Waals surface area contributed by atoms with Gasteiger partial charge in [-0.25, -0.2) is 4.99 Å². The van der Waals surface area contributed by atoms with Crippen LogP contribution in [0.3, 0.4) is 0 Å². The highest BCUT2D eigenvalue weighted by atomic mass is 16.5. The largest absolute Gasteiger partial charge is 0.493 e. The first-order valence-electron chi connectivity index (χ1n) is 8.46. The van der Waals surface area contributed by atoms with Crippen molar-refractivity contribution in [3.05, 3.63) is 64.9 Å². The van der Waals surface area contributed by atoms with Crippen LogP contribution < -0.4 is 14.8 Å². The molecule has 0 bridgehead atoms. The molecule has 0 atom stereocenters. The summed E-state index contributed by atoms with van der Waals surface area (Å²) in [5.41, 5.74) is 3.34. The molecule has 0 saturated carbocycles. The van der Waals surface area contributed by atoms with Crippen molar-refractivity contribution in [2.75, 3.05) is 14.2 Å². The summed E-state index contributed by atoms with van der Waals surface area (Å²) in [7, 11) is 3.15. The second kappa shape index (κ2) is 7.44. The van der Waals surface area contributed by atoms with Crippen LogP contribution in [0.2, 0.25) is 0 Å². The summed E-state index contributed by atoms with van der Waals surface area (Å²) in [6.45, 7) is 4.30. The molecule has 2 aromatic rings. The average Bonchev–Trinajstić information content (AvgIpc) is 3.02. The molecule has 0 unspecified atom stereocenters. The van der Waals surface area contributed by atoms with Crippen LogP contribution in [0.15, 0.2) is 53.2 Å². The molecule has 2 aromatic carbocycles. The molecule has 26 heavy (non-hydrogen) atoms. The Morgan fingerprint density at radius 3 is 2.31 bits per heavy atom. The van der Waals surface area contributed by atoms with Gasteiger partial charge in [0, 0.05) is 5.56 Å². The molecule has 1 heterocycles. The number of carbonyl (C=O) groups excluding carboxylic acids is 1. The zero-order chi connectivity index (χ0) is 18.7. The third-order valence-corrected chi connectivity index (χ3v) is 4.26. The fourth-order valence-corrected chi connectivity index (χ4v) is 2.72. The van der Waals surface area contributed by atoms with Crippen LogP contribution in [0.1, 0.15) is 36.5 Å². The third kappa shape index (κ3) is 3.61. The smallest absolute Gasteiger partial charge is 0.275 e. The number of hydrogen-bond donors (Lipinski definition) is 1. The van der Waals surface area contributed by atoms with E-state index in [4.69, 9.17) is 9.47 Å². The number of aliphatic imine (C=N–C) groups is 1. The van der Waals surface area contributed by atoms with Crippen molar-refractivity contribution < 1.29 is 14.3 Å². The lowest BCUT2D eigenvalue weighted by molar-refractivity contribution is -0.115.